The zero-order valence-corrected chi connectivity index (χ0v) is 7.10. The molecule has 2 nitrogen and oxygen atoms in total. The van der Waals surface area contributed by atoms with Crippen LogP contribution in [0.2, 0.25) is 0 Å². The second kappa shape index (κ2) is 5.35. The Morgan fingerprint density at radius 3 is 2.80 bits per heavy atom. The maximum absolute atomic E-state index is 10.8. The molecule has 1 amide bonds. The molecule has 0 unspecified atom stereocenters. The van der Waals surface area contributed by atoms with Crippen LogP contribution in [-0.2, 0) is 4.79 Å². The number of hydrogen-bond donors (Lipinski definition) is 1. The fourth-order valence-corrected chi connectivity index (χ4v) is 0.715. The number of thiol groups is 1. The van der Waals surface area contributed by atoms with Gasteiger partial charge in [-0.15, -0.1) is 0 Å². The minimum atomic E-state index is -0.0261. The SMILES string of the molecule is C=CC(=O)N(C)CCCS. The van der Waals surface area contributed by atoms with E-state index >= 15 is 0 Å². The van der Waals surface area contributed by atoms with Crippen LogP contribution in [0.3, 0.4) is 0 Å². The average molecular weight is 159 g/mol. The summed E-state index contributed by atoms with van der Waals surface area (Å²) < 4.78 is 0. The van der Waals surface area contributed by atoms with E-state index in [1.54, 1.807) is 11.9 Å². The smallest absolute Gasteiger partial charge is 0.245 e. The van der Waals surface area contributed by atoms with Gasteiger partial charge < -0.3 is 4.90 Å². The molecular weight excluding hydrogens is 146 g/mol. The molecule has 0 aliphatic rings. The van der Waals surface area contributed by atoms with E-state index in [9.17, 15) is 4.79 Å². The molecule has 0 heterocycles. The number of carbonyl (C=O) groups is 1. The van der Waals surface area contributed by atoms with E-state index in [0.717, 1.165) is 18.7 Å². The fraction of sp³-hybridized carbons (Fsp3) is 0.571. The van der Waals surface area contributed by atoms with Crippen LogP contribution in [0.15, 0.2) is 12.7 Å². The molecule has 58 valence electrons. The maximum atomic E-state index is 10.8. The molecule has 0 aliphatic carbocycles. The van der Waals surface area contributed by atoms with Crippen LogP contribution in [0.4, 0.5) is 0 Å². The van der Waals surface area contributed by atoms with Gasteiger partial charge in [-0.25, -0.2) is 0 Å². The summed E-state index contributed by atoms with van der Waals surface area (Å²) in [6, 6.07) is 0. The molecule has 0 radical (unpaired) electrons. The molecule has 0 atom stereocenters. The molecule has 10 heavy (non-hydrogen) atoms. The average Bonchev–Trinajstić information content (AvgIpc) is 1.98. The lowest BCUT2D eigenvalue weighted by molar-refractivity contribution is -0.124. The van der Waals surface area contributed by atoms with E-state index in [2.05, 4.69) is 19.2 Å². The molecule has 0 saturated carbocycles. The predicted molar refractivity (Wildman–Crippen MR) is 46.3 cm³/mol. The second-order valence-electron chi connectivity index (χ2n) is 2.04. The van der Waals surface area contributed by atoms with Crippen LogP contribution in [0.25, 0.3) is 0 Å². The van der Waals surface area contributed by atoms with Crippen LogP contribution in [0.5, 0.6) is 0 Å². The fourth-order valence-electron chi connectivity index (χ4n) is 0.574. The number of nitrogens with zero attached hydrogens (tertiary/aromatic N) is 1. The van der Waals surface area contributed by atoms with Gasteiger partial charge in [0.25, 0.3) is 0 Å². The van der Waals surface area contributed by atoms with E-state index in [1.165, 1.54) is 6.08 Å². The Bertz CT molecular complexity index is 125. The molecule has 0 N–H and O–H groups in total. The molecule has 0 rings (SSSR count). The van der Waals surface area contributed by atoms with Gasteiger partial charge in [0.2, 0.25) is 5.91 Å². The minimum Gasteiger partial charge on any atom is -0.342 e. The van der Waals surface area contributed by atoms with Crippen LogP contribution < -0.4 is 0 Å². The van der Waals surface area contributed by atoms with E-state index in [0.29, 0.717) is 0 Å². The third-order valence-corrected chi connectivity index (χ3v) is 1.52. The number of likely N-dealkylation sites (N-methyl/N-ethyl adjacent to an activating group) is 1. The summed E-state index contributed by atoms with van der Waals surface area (Å²) in [6.45, 7) is 4.14. The third-order valence-electron chi connectivity index (χ3n) is 1.20. The highest BCUT2D eigenvalue weighted by atomic mass is 32.1. The molecule has 0 aromatic rings. The molecule has 0 bridgehead atoms. The molecule has 0 saturated heterocycles. The first kappa shape index (κ1) is 9.56. The van der Waals surface area contributed by atoms with Gasteiger partial charge in [-0.1, -0.05) is 6.58 Å². The molecular formula is C7H13NOS. The first-order chi connectivity index (χ1) is 4.72. The minimum absolute atomic E-state index is 0.0261. The lowest BCUT2D eigenvalue weighted by Crippen LogP contribution is -2.25. The van der Waals surface area contributed by atoms with Crippen LogP contribution in [0, 0.1) is 0 Å². The van der Waals surface area contributed by atoms with Gasteiger partial charge >= 0.3 is 0 Å². The standard InChI is InChI=1S/C7H13NOS/c1-3-7(9)8(2)5-4-6-10/h3,10H,1,4-6H2,2H3. The first-order valence-corrected chi connectivity index (χ1v) is 3.84. The third kappa shape index (κ3) is 3.56. The highest BCUT2D eigenvalue weighted by molar-refractivity contribution is 7.80. The first-order valence-electron chi connectivity index (χ1n) is 3.20. The van der Waals surface area contributed by atoms with Crippen molar-refractivity contribution in [2.24, 2.45) is 0 Å². The van der Waals surface area contributed by atoms with Crippen LogP contribution in [-0.4, -0.2) is 30.2 Å². The summed E-state index contributed by atoms with van der Waals surface area (Å²) >= 11 is 4.03. The Kier molecular flexibility index (Phi) is 5.12. The Hall–Kier alpha value is -0.440. The normalized spacial score (nSPS) is 9.00. The van der Waals surface area contributed by atoms with Crippen LogP contribution in [0.1, 0.15) is 6.42 Å². The molecule has 0 fully saturated rings. The summed E-state index contributed by atoms with van der Waals surface area (Å²) in [6.07, 6.45) is 2.25. The highest BCUT2D eigenvalue weighted by Gasteiger charge is 2.00. The van der Waals surface area contributed by atoms with Crippen molar-refractivity contribution in [1.82, 2.24) is 4.90 Å². The van der Waals surface area contributed by atoms with Crippen molar-refractivity contribution in [2.75, 3.05) is 19.3 Å². The van der Waals surface area contributed by atoms with Crippen molar-refractivity contribution >= 4 is 18.5 Å². The molecule has 0 aromatic carbocycles. The zero-order valence-electron chi connectivity index (χ0n) is 6.21. The number of hydrogen-bond acceptors (Lipinski definition) is 2. The number of carbonyl (C=O) groups excluding carboxylic acids is 1. The summed E-state index contributed by atoms with van der Waals surface area (Å²) in [7, 11) is 1.76. The van der Waals surface area contributed by atoms with Crippen molar-refractivity contribution in [1.29, 1.82) is 0 Å². The Labute approximate surface area is 67.3 Å². The predicted octanol–water partition coefficient (Wildman–Crippen LogP) is 0.951. The van der Waals surface area contributed by atoms with Gasteiger partial charge in [-0.3, -0.25) is 4.79 Å². The van der Waals surface area contributed by atoms with Gasteiger partial charge in [-0.05, 0) is 18.2 Å². The van der Waals surface area contributed by atoms with E-state index in [-0.39, 0.29) is 5.91 Å². The summed E-state index contributed by atoms with van der Waals surface area (Å²) in [4.78, 5) is 12.4. The van der Waals surface area contributed by atoms with Gasteiger partial charge in [0, 0.05) is 13.6 Å². The lowest BCUT2D eigenvalue weighted by Gasteiger charge is -2.13. The lowest BCUT2D eigenvalue weighted by atomic mass is 10.4. The monoisotopic (exact) mass is 159 g/mol. The van der Waals surface area contributed by atoms with Crippen molar-refractivity contribution in [3.8, 4) is 0 Å². The van der Waals surface area contributed by atoms with Gasteiger partial charge in [-0.2, -0.15) is 12.6 Å². The number of rotatable bonds is 4. The molecule has 0 aliphatic heterocycles. The Morgan fingerprint density at radius 2 is 2.40 bits per heavy atom. The van der Waals surface area contributed by atoms with Gasteiger partial charge in [0.1, 0.15) is 0 Å². The van der Waals surface area contributed by atoms with Crippen molar-refractivity contribution in [3.05, 3.63) is 12.7 Å². The Morgan fingerprint density at radius 1 is 1.80 bits per heavy atom. The summed E-state index contributed by atoms with van der Waals surface area (Å²) in [5.74, 6) is 0.788. The summed E-state index contributed by atoms with van der Waals surface area (Å²) in [5.41, 5.74) is 0. The highest BCUT2D eigenvalue weighted by Crippen LogP contribution is 1.90. The van der Waals surface area contributed by atoms with Crippen LogP contribution >= 0.6 is 12.6 Å². The topological polar surface area (TPSA) is 20.3 Å². The van der Waals surface area contributed by atoms with E-state index in [1.807, 2.05) is 0 Å². The van der Waals surface area contributed by atoms with Crippen molar-refractivity contribution < 1.29 is 4.79 Å². The van der Waals surface area contributed by atoms with E-state index in [4.69, 9.17) is 0 Å². The maximum Gasteiger partial charge on any atom is 0.245 e. The molecule has 0 aromatic heterocycles. The Balaban J connectivity index is 3.51. The quantitative estimate of drug-likeness (QED) is 0.478. The van der Waals surface area contributed by atoms with Gasteiger partial charge in [0.05, 0.1) is 0 Å². The largest absolute Gasteiger partial charge is 0.342 e. The second-order valence-corrected chi connectivity index (χ2v) is 2.49. The van der Waals surface area contributed by atoms with E-state index < -0.39 is 0 Å². The molecule has 3 heteroatoms. The summed E-state index contributed by atoms with van der Waals surface area (Å²) in [5, 5.41) is 0. The molecule has 0 spiro atoms. The van der Waals surface area contributed by atoms with Crippen molar-refractivity contribution in [3.63, 3.8) is 0 Å². The van der Waals surface area contributed by atoms with Gasteiger partial charge in [0.15, 0.2) is 0 Å². The number of amides is 1. The zero-order chi connectivity index (χ0) is 7.98. The van der Waals surface area contributed by atoms with Crippen molar-refractivity contribution in [2.45, 2.75) is 6.42 Å².